The van der Waals surface area contributed by atoms with E-state index in [1.807, 2.05) is 0 Å². The van der Waals surface area contributed by atoms with Crippen molar-refractivity contribution >= 4 is 42.5 Å². The second kappa shape index (κ2) is 2.67. The molecule has 0 atom stereocenters. The number of rotatable bonds is 0. The normalized spacial score (nSPS) is 5.80. The first-order valence-electron chi connectivity index (χ1n) is 0.882. The summed E-state index contributed by atoms with van der Waals surface area (Å²) in [6.07, 6.45) is 0. The average Bonchev–Trinajstić information content (AvgIpc) is 1.38. The summed E-state index contributed by atoms with van der Waals surface area (Å²) in [4.78, 5) is 0. The van der Waals surface area contributed by atoms with Crippen molar-refractivity contribution in [3.63, 3.8) is 0 Å². The highest BCUT2D eigenvalue weighted by Crippen LogP contribution is 1.96. The molecule has 0 bridgehead atoms. The zero-order valence-electron chi connectivity index (χ0n) is 2.26. The van der Waals surface area contributed by atoms with Crippen molar-refractivity contribution in [1.29, 1.82) is 0 Å². The largest absolute Gasteiger partial charge is 0.123 e. The first kappa shape index (κ1) is 5.44. The first-order valence-corrected chi connectivity index (χ1v) is 2.15. The standard InChI is InChI=1S/C2HS3/c3-1-2(4)5/h4H. The van der Waals surface area contributed by atoms with Crippen LogP contribution in [0.3, 0.4) is 0 Å². The fraction of sp³-hybridized carbons (Fsp3) is 0. The van der Waals surface area contributed by atoms with Gasteiger partial charge in [0.05, 0.1) is 0 Å². The van der Waals surface area contributed by atoms with Crippen LogP contribution in [0.1, 0.15) is 0 Å². The van der Waals surface area contributed by atoms with Gasteiger partial charge >= 0.3 is 0 Å². The van der Waals surface area contributed by atoms with E-state index in [0.717, 1.165) is 0 Å². The number of thiocarbonyl (C=S) groups is 1. The molecule has 0 aromatic carbocycles. The van der Waals surface area contributed by atoms with Crippen molar-refractivity contribution in [2.75, 3.05) is 0 Å². The minimum absolute atomic E-state index is 0.347. The van der Waals surface area contributed by atoms with Crippen LogP contribution in [0.25, 0.3) is 0 Å². The quantitative estimate of drug-likeness (QED) is 0.375. The van der Waals surface area contributed by atoms with Gasteiger partial charge in [-0.25, -0.2) is 0 Å². The van der Waals surface area contributed by atoms with Crippen LogP contribution in [0.2, 0.25) is 0 Å². The van der Waals surface area contributed by atoms with E-state index < -0.39 is 0 Å². The Bertz CT molecular complexity index is 65.0. The maximum atomic E-state index is 4.35. The van der Waals surface area contributed by atoms with E-state index in [4.69, 9.17) is 0 Å². The fourth-order valence-electron chi connectivity index (χ4n) is 0. The highest BCUT2D eigenvalue weighted by atomic mass is 32.2. The molecular weight excluding hydrogens is 120 g/mol. The molecule has 0 heterocycles. The van der Waals surface area contributed by atoms with Crippen molar-refractivity contribution < 1.29 is 0 Å². The summed E-state index contributed by atoms with van der Waals surface area (Å²) in [6.45, 7) is 0. The molecule has 1 radical (unpaired) electrons. The molecule has 0 spiro atoms. The SMILES string of the molecule is [S]C(S)=C=S. The van der Waals surface area contributed by atoms with Crippen LogP contribution >= 0.6 is 37.5 Å². The molecule has 0 saturated carbocycles. The van der Waals surface area contributed by atoms with Gasteiger partial charge in [-0.05, 0) is 17.2 Å². The van der Waals surface area contributed by atoms with Gasteiger partial charge in [-0.15, -0.1) is 12.6 Å². The lowest BCUT2D eigenvalue weighted by molar-refractivity contribution is 2.85. The molecule has 0 nitrogen and oxygen atoms in total. The topological polar surface area (TPSA) is 0 Å². The number of hydrogen-bond donors (Lipinski definition) is 1. The Hall–Kier alpha value is 0.440. The minimum Gasteiger partial charge on any atom is -0.123 e. The summed E-state index contributed by atoms with van der Waals surface area (Å²) in [7, 11) is 0. The van der Waals surface area contributed by atoms with Crippen molar-refractivity contribution in [2.45, 2.75) is 0 Å². The summed E-state index contributed by atoms with van der Waals surface area (Å²) < 4.78 is 0.347. The molecule has 3 heteroatoms. The number of thiol groups is 1. The lowest BCUT2D eigenvalue weighted by Gasteiger charge is -1.60. The Balaban J connectivity index is 3.60. The van der Waals surface area contributed by atoms with Crippen LogP contribution in [0.15, 0.2) is 4.24 Å². The lowest BCUT2D eigenvalue weighted by Crippen LogP contribution is -1.40. The maximum absolute atomic E-state index is 4.35. The van der Waals surface area contributed by atoms with Crippen LogP contribution in [-0.2, 0) is 0 Å². The van der Waals surface area contributed by atoms with Gasteiger partial charge in [-0.2, -0.15) is 0 Å². The van der Waals surface area contributed by atoms with Gasteiger partial charge in [0.15, 0.2) is 0 Å². The molecule has 0 aliphatic heterocycles. The second-order valence-electron chi connectivity index (χ2n) is 0.407. The molecule has 0 rings (SSSR count). The van der Waals surface area contributed by atoms with Crippen molar-refractivity contribution in [1.82, 2.24) is 0 Å². The Morgan fingerprint density at radius 3 is 2.00 bits per heavy atom. The van der Waals surface area contributed by atoms with Crippen LogP contribution in [0.4, 0.5) is 0 Å². The second-order valence-corrected chi connectivity index (χ2v) is 1.77. The molecule has 0 aromatic heterocycles. The predicted octanol–water partition coefficient (Wildman–Crippen LogP) is 1.55. The van der Waals surface area contributed by atoms with Gasteiger partial charge in [0, 0.05) is 0 Å². The van der Waals surface area contributed by atoms with Gasteiger partial charge in [-0.1, -0.05) is 12.6 Å². The molecule has 0 aliphatic rings. The molecule has 0 aromatic rings. The summed E-state index contributed by atoms with van der Waals surface area (Å²) in [5, 5.41) is 2.21. The van der Waals surface area contributed by atoms with Crippen molar-refractivity contribution in [3.05, 3.63) is 4.24 Å². The summed E-state index contributed by atoms with van der Waals surface area (Å²) >= 11 is 12.2. The monoisotopic (exact) mass is 121 g/mol. The van der Waals surface area contributed by atoms with E-state index in [1.54, 1.807) is 0 Å². The minimum atomic E-state index is 0.347. The van der Waals surface area contributed by atoms with Crippen molar-refractivity contribution in [2.24, 2.45) is 0 Å². The van der Waals surface area contributed by atoms with Gasteiger partial charge in [0.1, 0.15) is 4.24 Å². The van der Waals surface area contributed by atoms with Crippen LogP contribution in [0, 0.1) is 0 Å². The first-order chi connectivity index (χ1) is 2.27. The van der Waals surface area contributed by atoms with Crippen LogP contribution in [0.5, 0.6) is 0 Å². The van der Waals surface area contributed by atoms with E-state index in [9.17, 15) is 0 Å². The van der Waals surface area contributed by atoms with Gasteiger partial charge in [0.25, 0.3) is 0 Å². The fourth-order valence-corrected chi connectivity index (χ4v) is 0. The molecular formula is C2HS3. The Morgan fingerprint density at radius 1 is 1.80 bits per heavy atom. The zero-order chi connectivity index (χ0) is 4.28. The van der Waals surface area contributed by atoms with Gasteiger partial charge < -0.3 is 0 Å². The smallest absolute Gasteiger partial charge is 0.121 e. The highest BCUT2D eigenvalue weighted by Gasteiger charge is 1.64. The zero-order valence-corrected chi connectivity index (χ0v) is 4.79. The van der Waals surface area contributed by atoms with Crippen LogP contribution < -0.4 is 0 Å². The molecule has 0 N–H and O–H groups in total. The molecule has 0 aliphatic carbocycles. The molecule has 5 heavy (non-hydrogen) atoms. The third-order valence-electron chi connectivity index (χ3n) is 0.0873. The Morgan fingerprint density at radius 2 is 2.00 bits per heavy atom. The third kappa shape index (κ3) is 4.44. The van der Waals surface area contributed by atoms with E-state index in [1.165, 1.54) is 0 Å². The van der Waals surface area contributed by atoms with Crippen molar-refractivity contribution in [3.8, 4) is 0 Å². The maximum Gasteiger partial charge on any atom is 0.121 e. The van der Waals surface area contributed by atoms with E-state index in [2.05, 4.69) is 42.5 Å². The summed E-state index contributed by atoms with van der Waals surface area (Å²) in [5.41, 5.74) is 0. The molecule has 0 fully saturated rings. The summed E-state index contributed by atoms with van der Waals surface area (Å²) in [5.74, 6) is 0. The molecule has 0 unspecified atom stereocenters. The summed E-state index contributed by atoms with van der Waals surface area (Å²) in [6, 6.07) is 0. The molecule has 0 saturated heterocycles. The van der Waals surface area contributed by atoms with E-state index >= 15 is 0 Å². The lowest BCUT2D eigenvalue weighted by atomic mass is 11.2. The Kier molecular flexibility index (Phi) is 2.90. The van der Waals surface area contributed by atoms with Gasteiger partial charge in [-0.3, -0.25) is 0 Å². The molecule has 27 valence electrons. The van der Waals surface area contributed by atoms with Gasteiger partial charge in [0.2, 0.25) is 0 Å². The highest BCUT2D eigenvalue weighted by molar-refractivity contribution is 8.06. The third-order valence-corrected chi connectivity index (χ3v) is 0.786. The molecule has 0 amide bonds. The number of hydrogen-bond acceptors (Lipinski definition) is 2. The average molecular weight is 121 g/mol. The Labute approximate surface area is 47.1 Å². The van der Waals surface area contributed by atoms with E-state index in [-0.39, 0.29) is 0 Å². The predicted molar refractivity (Wildman–Crippen MR) is 32.7 cm³/mol. The van der Waals surface area contributed by atoms with E-state index in [0.29, 0.717) is 4.24 Å². The van der Waals surface area contributed by atoms with Crippen LogP contribution in [-0.4, -0.2) is 5.02 Å².